The third kappa shape index (κ3) is 4.35. The molecule has 0 radical (unpaired) electrons. The second kappa shape index (κ2) is 7.37. The highest BCUT2D eigenvalue weighted by molar-refractivity contribution is 7.92. The van der Waals surface area contributed by atoms with Crippen molar-refractivity contribution in [1.29, 1.82) is 0 Å². The van der Waals surface area contributed by atoms with Gasteiger partial charge in [-0.25, -0.2) is 8.42 Å². The summed E-state index contributed by atoms with van der Waals surface area (Å²) in [5, 5.41) is 0. The molecule has 3 rings (SSSR count). The van der Waals surface area contributed by atoms with Crippen molar-refractivity contribution >= 4 is 27.3 Å². The number of sulfonamides is 1. The highest BCUT2D eigenvalue weighted by Crippen LogP contribution is 2.20. The van der Waals surface area contributed by atoms with Crippen molar-refractivity contribution in [3.8, 4) is 0 Å². The summed E-state index contributed by atoms with van der Waals surface area (Å²) in [7, 11) is -3.34. The third-order valence-corrected chi connectivity index (χ3v) is 5.05. The molecule has 0 bridgehead atoms. The number of rotatable bonds is 4. The van der Waals surface area contributed by atoms with E-state index in [9.17, 15) is 13.2 Å². The lowest BCUT2D eigenvalue weighted by molar-refractivity contribution is 0.0746. The van der Waals surface area contributed by atoms with E-state index in [1.165, 1.54) is 5.69 Å². The SMILES string of the molecule is Cc1cc(C(=O)N2CCN(c3ccccc3)CC2)ccc1NS(C)(=O)=O. The molecule has 0 saturated carbocycles. The van der Waals surface area contributed by atoms with E-state index in [1.54, 1.807) is 25.1 Å². The zero-order chi connectivity index (χ0) is 18.7. The standard InChI is InChI=1S/C19H23N3O3S/c1-15-14-16(8-9-18(15)20-26(2,24)25)19(23)22-12-10-21(11-13-22)17-6-4-3-5-7-17/h3-9,14,20H,10-13H2,1-2H3. The van der Waals surface area contributed by atoms with Crippen LogP contribution < -0.4 is 9.62 Å². The molecule has 0 aromatic heterocycles. The second-order valence-corrected chi connectivity index (χ2v) is 8.27. The van der Waals surface area contributed by atoms with Crippen LogP contribution in [0.25, 0.3) is 0 Å². The summed E-state index contributed by atoms with van der Waals surface area (Å²) in [6, 6.07) is 15.2. The van der Waals surface area contributed by atoms with Gasteiger partial charge in [-0.3, -0.25) is 9.52 Å². The van der Waals surface area contributed by atoms with Crippen molar-refractivity contribution in [2.75, 3.05) is 42.1 Å². The molecular weight excluding hydrogens is 350 g/mol. The van der Waals surface area contributed by atoms with Gasteiger partial charge in [0.2, 0.25) is 10.0 Å². The Morgan fingerprint density at radius 1 is 1.00 bits per heavy atom. The summed E-state index contributed by atoms with van der Waals surface area (Å²) in [6.45, 7) is 4.70. The Morgan fingerprint density at radius 3 is 2.23 bits per heavy atom. The maximum Gasteiger partial charge on any atom is 0.253 e. The van der Waals surface area contributed by atoms with Crippen LogP contribution in [0.2, 0.25) is 0 Å². The molecule has 1 heterocycles. The number of nitrogens with one attached hydrogen (secondary N) is 1. The fourth-order valence-corrected chi connectivity index (χ4v) is 3.73. The summed E-state index contributed by atoms with van der Waals surface area (Å²) in [5.74, 6) is -0.0216. The fourth-order valence-electron chi connectivity index (χ4n) is 3.10. The minimum Gasteiger partial charge on any atom is -0.368 e. The molecule has 1 fully saturated rings. The minimum absolute atomic E-state index is 0.0216. The number of nitrogens with zero attached hydrogens (tertiary/aromatic N) is 2. The molecule has 6 nitrogen and oxygen atoms in total. The van der Waals surface area contributed by atoms with Crippen LogP contribution >= 0.6 is 0 Å². The number of para-hydroxylation sites is 1. The summed E-state index contributed by atoms with van der Waals surface area (Å²) in [6.07, 6.45) is 1.11. The van der Waals surface area contributed by atoms with Crippen molar-refractivity contribution < 1.29 is 13.2 Å². The number of hydrogen-bond donors (Lipinski definition) is 1. The molecular formula is C19H23N3O3S. The molecule has 2 aromatic rings. The Kier molecular flexibility index (Phi) is 5.18. The van der Waals surface area contributed by atoms with Crippen LogP contribution in [0.4, 0.5) is 11.4 Å². The number of hydrogen-bond acceptors (Lipinski definition) is 4. The average Bonchev–Trinajstić information content (AvgIpc) is 2.63. The lowest BCUT2D eigenvalue weighted by Crippen LogP contribution is -2.48. The first-order chi connectivity index (χ1) is 12.3. The lowest BCUT2D eigenvalue weighted by atomic mass is 10.1. The first-order valence-electron chi connectivity index (χ1n) is 8.51. The predicted octanol–water partition coefficient (Wildman–Crippen LogP) is 2.33. The van der Waals surface area contributed by atoms with Gasteiger partial charge in [0, 0.05) is 37.4 Å². The first kappa shape index (κ1) is 18.3. The molecule has 138 valence electrons. The van der Waals surface area contributed by atoms with Crippen LogP contribution in [-0.4, -0.2) is 51.7 Å². The molecule has 0 spiro atoms. The number of carbonyl (C=O) groups excluding carboxylic acids is 1. The number of anilines is 2. The van der Waals surface area contributed by atoms with E-state index in [0.29, 0.717) is 24.3 Å². The summed E-state index contributed by atoms with van der Waals surface area (Å²) < 4.78 is 25.2. The van der Waals surface area contributed by atoms with Crippen molar-refractivity contribution in [1.82, 2.24) is 4.90 Å². The van der Waals surface area contributed by atoms with Crippen LogP contribution in [0.3, 0.4) is 0 Å². The largest absolute Gasteiger partial charge is 0.368 e. The van der Waals surface area contributed by atoms with Gasteiger partial charge in [0.1, 0.15) is 0 Å². The monoisotopic (exact) mass is 373 g/mol. The summed E-state index contributed by atoms with van der Waals surface area (Å²) in [4.78, 5) is 16.9. The van der Waals surface area contributed by atoms with E-state index < -0.39 is 10.0 Å². The molecule has 7 heteroatoms. The number of piperazine rings is 1. The Bertz CT molecular complexity index is 890. The van der Waals surface area contributed by atoms with Gasteiger partial charge in [-0.15, -0.1) is 0 Å². The normalized spacial score (nSPS) is 15.0. The van der Waals surface area contributed by atoms with Gasteiger partial charge in [-0.2, -0.15) is 0 Å². The first-order valence-corrected chi connectivity index (χ1v) is 10.4. The quantitative estimate of drug-likeness (QED) is 0.893. The minimum atomic E-state index is -3.34. The van der Waals surface area contributed by atoms with Crippen LogP contribution in [-0.2, 0) is 10.0 Å². The highest BCUT2D eigenvalue weighted by atomic mass is 32.2. The van der Waals surface area contributed by atoms with E-state index in [4.69, 9.17) is 0 Å². The topological polar surface area (TPSA) is 69.7 Å². The Morgan fingerprint density at radius 2 is 1.65 bits per heavy atom. The second-order valence-electron chi connectivity index (χ2n) is 6.52. The van der Waals surface area contributed by atoms with Crippen LogP contribution in [0.5, 0.6) is 0 Å². The predicted molar refractivity (Wildman–Crippen MR) is 104 cm³/mol. The van der Waals surface area contributed by atoms with E-state index in [2.05, 4.69) is 21.8 Å². The van der Waals surface area contributed by atoms with Gasteiger partial charge in [0.15, 0.2) is 0 Å². The van der Waals surface area contributed by atoms with Crippen molar-refractivity contribution in [2.45, 2.75) is 6.92 Å². The molecule has 1 aliphatic rings. The van der Waals surface area contributed by atoms with Crippen LogP contribution in [0.15, 0.2) is 48.5 Å². The number of amides is 1. The molecule has 1 aliphatic heterocycles. The van der Waals surface area contributed by atoms with Gasteiger partial charge in [0.25, 0.3) is 5.91 Å². The van der Waals surface area contributed by atoms with Gasteiger partial charge < -0.3 is 9.80 Å². The lowest BCUT2D eigenvalue weighted by Gasteiger charge is -2.36. The molecule has 26 heavy (non-hydrogen) atoms. The van der Waals surface area contributed by atoms with E-state index in [1.807, 2.05) is 23.1 Å². The van der Waals surface area contributed by atoms with E-state index in [-0.39, 0.29) is 5.91 Å². The maximum absolute atomic E-state index is 12.8. The highest BCUT2D eigenvalue weighted by Gasteiger charge is 2.22. The Hall–Kier alpha value is -2.54. The molecule has 2 aromatic carbocycles. The molecule has 1 N–H and O–H groups in total. The summed E-state index contributed by atoms with van der Waals surface area (Å²) in [5.41, 5.74) is 2.98. The van der Waals surface area contributed by atoms with Gasteiger partial charge >= 0.3 is 0 Å². The van der Waals surface area contributed by atoms with Crippen molar-refractivity contribution in [3.05, 3.63) is 59.7 Å². The summed E-state index contributed by atoms with van der Waals surface area (Å²) >= 11 is 0. The molecule has 0 aliphatic carbocycles. The van der Waals surface area contributed by atoms with Crippen LogP contribution in [0.1, 0.15) is 15.9 Å². The third-order valence-electron chi connectivity index (χ3n) is 4.46. The molecule has 0 unspecified atom stereocenters. The van der Waals surface area contributed by atoms with Crippen molar-refractivity contribution in [2.24, 2.45) is 0 Å². The number of benzene rings is 2. The van der Waals surface area contributed by atoms with E-state index >= 15 is 0 Å². The van der Waals surface area contributed by atoms with Crippen molar-refractivity contribution in [3.63, 3.8) is 0 Å². The molecule has 1 saturated heterocycles. The molecule has 0 atom stereocenters. The fraction of sp³-hybridized carbons (Fsp3) is 0.316. The smallest absolute Gasteiger partial charge is 0.253 e. The Balaban J connectivity index is 1.66. The number of aryl methyl sites for hydroxylation is 1. The maximum atomic E-state index is 12.8. The zero-order valence-electron chi connectivity index (χ0n) is 15.0. The van der Waals surface area contributed by atoms with Gasteiger partial charge in [-0.05, 0) is 42.8 Å². The number of carbonyl (C=O) groups is 1. The Labute approximate surface area is 154 Å². The van der Waals surface area contributed by atoms with Crippen LogP contribution in [0, 0.1) is 6.92 Å². The van der Waals surface area contributed by atoms with Gasteiger partial charge in [-0.1, -0.05) is 18.2 Å². The average molecular weight is 373 g/mol. The van der Waals surface area contributed by atoms with E-state index in [0.717, 1.165) is 24.9 Å². The zero-order valence-corrected chi connectivity index (χ0v) is 15.8. The molecule has 1 amide bonds. The van der Waals surface area contributed by atoms with Gasteiger partial charge in [0.05, 0.1) is 11.9 Å².